The summed E-state index contributed by atoms with van der Waals surface area (Å²) in [6, 6.07) is 1.93. The van der Waals surface area contributed by atoms with Gasteiger partial charge in [-0.2, -0.15) is 0 Å². The Morgan fingerprint density at radius 1 is 1.50 bits per heavy atom. The van der Waals surface area contributed by atoms with Crippen LogP contribution in [0.1, 0.15) is 53.4 Å². The monoisotopic (exact) mass is 292 g/mol. The van der Waals surface area contributed by atoms with E-state index < -0.39 is 0 Å². The maximum absolute atomic E-state index is 12.0. The molecule has 5 heteroatoms. The van der Waals surface area contributed by atoms with Gasteiger partial charge >= 0.3 is 5.97 Å². The molecule has 0 aliphatic carbocycles. The van der Waals surface area contributed by atoms with Crippen LogP contribution >= 0.6 is 11.3 Å². The maximum Gasteiger partial charge on any atom is 0.355 e. The van der Waals surface area contributed by atoms with Crippen molar-refractivity contribution in [1.82, 2.24) is 9.55 Å². The standard InChI is InChI=1S/C15H20N2O2S/c1-5-19-15(18)13-11(4)6-7-17(13)8-12-9-20-14(16-12)10(2)3/h6-7,9-10H,5,8H2,1-4H3. The summed E-state index contributed by atoms with van der Waals surface area (Å²) in [5, 5.41) is 3.18. The lowest BCUT2D eigenvalue weighted by Gasteiger charge is -2.08. The quantitative estimate of drug-likeness (QED) is 0.791. The SMILES string of the molecule is CCOC(=O)c1c(C)ccn1Cc1csc(C(C)C)n1. The molecule has 0 aliphatic rings. The summed E-state index contributed by atoms with van der Waals surface area (Å²) < 4.78 is 7.02. The van der Waals surface area contributed by atoms with Crippen molar-refractivity contribution in [3.05, 3.63) is 39.6 Å². The molecule has 2 aromatic heterocycles. The van der Waals surface area contributed by atoms with Crippen LogP contribution in [0.15, 0.2) is 17.6 Å². The van der Waals surface area contributed by atoms with Crippen LogP contribution in [0.2, 0.25) is 0 Å². The van der Waals surface area contributed by atoms with Gasteiger partial charge in [-0.1, -0.05) is 13.8 Å². The van der Waals surface area contributed by atoms with E-state index >= 15 is 0 Å². The van der Waals surface area contributed by atoms with Crippen molar-refractivity contribution in [2.45, 2.75) is 40.2 Å². The molecule has 2 aromatic rings. The van der Waals surface area contributed by atoms with Crippen molar-refractivity contribution < 1.29 is 9.53 Å². The number of hydrogen-bond acceptors (Lipinski definition) is 4. The predicted molar refractivity (Wildman–Crippen MR) is 80.4 cm³/mol. The molecular weight excluding hydrogens is 272 g/mol. The van der Waals surface area contributed by atoms with E-state index in [0.717, 1.165) is 16.3 Å². The molecule has 0 aromatic carbocycles. The van der Waals surface area contributed by atoms with Crippen molar-refractivity contribution in [1.29, 1.82) is 0 Å². The number of hydrogen-bond donors (Lipinski definition) is 0. The molecule has 0 bridgehead atoms. The second kappa shape index (κ2) is 6.22. The molecule has 0 aliphatic heterocycles. The molecule has 20 heavy (non-hydrogen) atoms. The molecule has 0 N–H and O–H groups in total. The smallest absolute Gasteiger partial charge is 0.355 e. The Hall–Kier alpha value is -1.62. The molecule has 0 saturated heterocycles. The van der Waals surface area contributed by atoms with Crippen molar-refractivity contribution >= 4 is 17.3 Å². The average molecular weight is 292 g/mol. The summed E-state index contributed by atoms with van der Waals surface area (Å²) in [5.41, 5.74) is 2.54. The lowest BCUT2D eigenvalue weighted by atomic mass is 10.2. The van der Waals surface area contributed by atoms with Crippen molar-refractivity contribution in [3.8, 4) is 0 Å². The second-order valence-electron chi connectivity index (χ2n) is 5.03. The summed E-state index contributed by atoms with van der Waals surface area (Å²) in [6.45, 7) is 8.99. The third-order valence-electron chi connectivity index (χ3n) is 3.03. The van der Waals surface area contributed by atoms with E-state index in [2.05, 4.69) is 24.2 Å². The number of ether oxygens (including phenoxy) is 1. The number of rotatable bonds is 5. The van der Waals surface area contributed by atoms with Crippen LogP contribution in [0.4, 0.5) is 0 Å². The van der Waals surface area contributed by atoms with Crippen LogP contribution in [0.5, 0.6) is 0 Å². The van der Waals surface area contributed by atoms with Crippen LogP contribution in [0, 0.1) is 6.92 Å². The van der Waals surface area contributed by atoms with E-state index in [0.29, 0.717) is 24.8 Å². The Labute approximate surface area is 123 Å². The first-order valence-electron chi connectivity index (χ1n) is 6.80. The highest BCUT2D eigenvalue weighted by Crippen LogP contribution is 2.21. The Kier molecular flexibility index (Phi) is 4.60. The first-order valence-corrected chi connectivity index (χ1v) is 7.68. The van der Waals surface area contributed by atoms with Crippen LogP contribution in [0.3, 0.4) is 0 Å². The van der Waals surface area contributed by atoms with E-state index in [1.807, 2.05) is 30.7 Å². The van der Waals surface area contributed by atoms with Gasteiger partial charge in [-0.3, -0.25) is 0 Å². The van der Waals surface area contributed by atoms with Gasteiger partial charge in [-0.25, -0.2) is 9.78 Å². The summed E-state index contributed by atoms with van der Waals surface area (Å²) in [6.07, 6.45) is 1.91. The van der Waals surface area contributed by atoms with Gasteiger partial charge in [0.25, 0.3) is 0 Å². The number of carbonyl (C=O) groups is 1. The first kappa shape index (κ1) is 14.8. The Bertz CT molecular complexity index is 599. The van der Waals surface area contributed by atoms with Crippen LogP contribution in [0.25, 0.3) is 0 Å². The zero-order chi connectivity index (χ0) is 14.7. The molecule has 4 nitrogen and oxygen atoms in total. The number of aromatic nitrogens is 2. The Morgan fingerprint density at radius 3 is 2.85 bits per heavy atom. The zero-order valence-electron chi connectivity index (χ0n) is 12.3. The van der Waals surface area contributed by atoms with E-state index in [-0.39, 0.29) is 5.97 Å². The molecule has 2 heterocycles. The third-order valence-corrected chi connectivity index (χ3v) is 4.22. The Morgan fingerprint density at radius 2 is 2.25 bits per heavy atom. The molecule has 0 radical (unpaired) electrons. The first-order chi connectivity index (χ1) is 9.52. The molecule has 2 rings (SSSR count). The number of thiazole rings is 1. The average Bonchev–Trinajstić information content (AvgIpc) is 2.98. The molecule has 0 saturated carbocycles. The minimum Gasteiger partial charge on any atom is -0.461 e. The van der Waals surface area contributed by atoms with Crippen LogP contribution < -0.4 is 0 Å². The summed E-state index contributed by atoms with van der Waals surface area (Å²) >= 11 is 1.67. The van der Waals surface area contributed by atoms with Crippen molar-refractivity contribution in [2.24, 2.45) is 0 Å². The second-order valence-corrected chi connectivity index (χ2v) is 5.92. The third kappa shape index (κ3) is 3.10. The molecular formula is C15H20N2O2S. The highest BCUT2D eigenvalue weighted by atomic mass is 32.1. The molecule has 108 valence electrons. The van der Waals surface area contributed by atoms with E-state index in [4.69, 9.17) is 4.74 Å². The number of nitrogens with zero attached hydrogens (tertiary/aromatic N) is 2. The fourth-order valence-corrected chi connectivity index (χ4v) is 2.85. The molecule has 0 amide bonds. The van der Waals surface area contributed by atoms with Crippen molar-refractivity contribution in [2.75, 3.05) is 6.61 Å². The molecule has 0 atom stereocenters. The van der Waals surface area contributed by atoms with E-state index in [1.165, 1.54) is 0 Å². The van der Waals surface area contributed by atoms with Gasteiger partial charge in [0.05, 0.1) is 23.9 Å². The minimum absolute atomic E-state index is 0.269. The molecule has 0 unspecified atom stereocenters. The summed E-state index contributed by atoms with van der Waals surface area (Å²) in [7, 11) is 0. The highest BCUT2D eigenvalue weighted by Gasteiger charge is 2.16. The fraction of sp³-hybridized carbons (Fsp3) is 0.467. The topological polar surface area (TPSA) is 44.1 Å². The predicted octanol–water partition coefficient (Wildman–Crippen LogP) is 3.60. The fourth-order valence-electron chi connectivity index (χ4n) is 2.03. The summed E-state index contributed by atoms with van der Waals surface area (Å²) in [5.74, 6) is 0.166. The zero-order valence-corrected chi connectivity index (χ0v) is 13.2. The number of aryl methyl sites for hydroxylation is 1. The number of carbonyl (C=O) groups excluding carboxylic acids is 1. The van der Waals surface area contributed by atoms with Gasteiger partial charge in [-0.05, 0) is 25.5 Å². The van der Waals surface area contributed by atoms with Crippen molar-refractivity contribution in [3.63, 3.8) is 0 Å². The van der Waals surface area contributed by atoms with Gasteiger partial charge in [-0.15, -0.1) is 11.3 Å². The van der Waals surface area contributed by atoms with E-state index in [9.17, 15) is 4.79 Å². The highest BCUT2D eigenvalue weighted by molar-refractivity contribution is 7.09. The van der Waals surface area contributed by atoms with E-state index in [1.54, 1.807) is 11.3 Å². The summed E-state index contributed by atoms with van der Waals surface area (Å²) in [4.78, 5) is 16.6. The van der Waals surface area contributed by atoms with Gasteiger partial charge in [0.2, 0.25) is 0 Å². The van der Waals surface area contributed by atoms with Gasteiger partial charge in [0, 0.05) is 17.5 Å². The van der Waals surface area contributed by atoms with Crippen LogP contribution in [-0.4, -0.2) is 22.1 Å². The maximum atomic E-state index is 12.0. The normalized spacial score (nSPS) is 11.1. The Balaban J connectivity index is 2.22. The van der Waals surface area contributed by atoms with Crippen LogP contribution in [-0.2, 0) is 11.3 Å². The molecule has 0 spiro atoms. The lowest BCUT2D eigenvalue weighted by molar-refractivity contribution is 0.0513. The van der Waals surface area contributed by atoms with Gasteiger partial charge in [0.1, 0.15) is 5.69 Å². The van der Waals surface area contributed by atoms with Gasteiger partial charge < -0.3 is 9.30 Å². The molecule has 0 fully saturated rings. The largest absolute Gasteiger partial charge is 0.461 e. The van der Waals surface area contributed by atoms with Gasteiger partial charge in [0.15, 0.2) is 0 Å². The lowest BCUT2D eigenvalue weighted by Crippen LogP contribution is -2.14. The minimum atomic E-state index is -0.269. The number of esters is 1.